The summed E-state index contributed by atoms with van der Waals surface area (Å²) in [4.78, 5) is 12.9. The van der Waals surface area contributed by atoms with E-state index in [1.165, 1.54) is 16.7 Å². The number of carbonyl (C=O) groups is 1. The first-order chi connectivity index (χ1) is 7.97. The SMILES string of the molecule is Cc1cccc(C(C)C)c1CN(C=O)C(C)C. The minimum Gasteiger partial charge on any atom is -0.338 e. The molecule has 0 spiro atoms. The molecule has 0 heterocycles. The Labute approximate surface area is 105 Å². The Balaban J connectivity index is 3.07. The van der Waals surface area contributed by atoms with Crippen LogP contribution in [0.25, 0.3) is 0 Å². The second-order valence-corrected chi connectivity index (χ2v) is 5.17. The first kappa shape index (κ1) is 13.8. The number of aryl methyl sites for hydroxylation is 1. The van der Waals surface area contributed by atoms with Gasteiger partial charge in [0.25, 0.3) is 0 Å². The molecule has 0 radical (unpaired) electrons. The Bertz CT molecular complexity index is 383. The molecule has 0 N–H and O–H groups in total. The van der Waals surface area contributed by atoms with Gasteiger partial charge in [-0.25, -0.2) is 0 Å². The number of benzene rings is 1. The van der Waals surface area contributed by atoms with E-state index in [2.05, 4.69) is 39.0 Å². The van der Waals surface area contributed by atoms with E-state index in [-0.39, 0.29) is 6.04 Å². The van der Waals surface area contributed by atoms with Crippen LogP contribution in [0.5, 0.6) is 0 Å². The lowest BCUT2D eigenvalue weighted by Crippen LogP contribution is -2.29. The molecule has 2 heteroatoms. The smallest absolute Gasteiger partial charge is 0.210 e. The highest BCUT2D eigenvalue weighted by atomic mass is 16.1. The van der Waals surface area contributed by atoms with Crippen molar-refractivity contribution in [2.24, 2.45) is 0 Å². The molecule has 94 valence electrons. The van der Waals surface area contributed by atoms with Gasteiger partial charge in [-0.2, -0.15) is 0 Å². The van der Waals surface area contributed by atoms with Crippen LogP contribution in [0.4, 0.5) is 0 Å². The van der Waals surface area contributed by atoms with Gasteiger partial charge in [-0.05, 0) is 43.4 Å². The first-order valence-electron chi connectivity index (χ1n) is 6.26. The third-order valence-corrected chi connectivity index (χ3v) is 3.21. The lowest BCUT2D eigenvalue weighted by Gasteiger charge is -2.25. The molecule has 0 atom stereocenters. The highest BCUT2D eigenvalue weighted by Crippen LogP contribution is 2.24. The molecule has 17 heavy (non-hydrogen) atoms. The molecule has 0 saturated carbocycles. The molecule has 0 aliphatic rings. The molecule has 0 aromatic heterocycles. The van der Waals surface area contributed by atoms with Gasteiger partial charge in [0.1, 0.15) is 0 Å². The van der Waals surface area contributed by atoms with E-state index in [9.17, 15) is 4.79 Å². The summed E-state index contributed by atoms with van der Waals surface area (Å²) in [5.41, 5.74) is 3.91. The van der Waals surface area contributed by atoms with E-state index in [0.29, 0.717) is 12.5 Å². The predicted octanol–water partition coefficient (Wildman–Crippen LogP) is 3.49. The quantitative estimate of drug-likeness (QED) is 0.713. The summed E-state index contributed by atoms with van der Waals surface area (Å²) < 4.78 is 0. The second kappa shape index (κ2) is 5.85. The van der Waals surface area contributed by atoms with E-state index < -0.39 is 0 Å². The highest BCUT2D eigenvalue weighted by Gasteiger charge is 2.13. The number of amides is 1. The molecule has 1 aromatic rings. The largest absolute Gasteiger partial charge is 0.338 e. The zero-order valence-electron chi connectivity index (χ0n) is 11.5. The third kappa shape index (κ3) is 3.32. The Kier molecular flexibility index (Phi) is 4.73. The first-order valence-corrected chi connectivity index (χ1v) is 6.26. The maximum atomic E-state index is 11.1. The molecule has 0 fully saturated rings. The van der Waals surface area contributed by atoms with Crippen LogP contribution in [0.1, 0.15) is 50.3 Å². The molecule has 0 bridgehead atoms. The summed E-state index contributed by atoms with van der Waals surface area (Å²) in [7, 11) is 0. The summed E-state index contributed by atoms with van der Waals surface area (Å²) in [6.07, 6.45) is 0.946. The van der Waals surface area contributed by atoms with Gasteiger partial charge in [0.2, 0.25) is 6.41 Å². The van der Waals surface area contributed by atoms with E-state index >= 15 is 0 Å². The van der Waals surface area contributed by atoms with Crippen molar-refractivity contribution in [3.8, 4) is 0 Å². The van der Waals surface area contributed by atoms with Crippen LogP contribution in [-0.2, 0) is 11.3 Å². The normalized spacial score (nSPS) is 11.0. The molecule has 0 saturated heterocycles. The van der Waals surface area contributed by atoms with E-state index in [4.69, 9.17) is 0 Å². The van der Waals surface area contributed by atoms with Crippen LogP contribution < -0.4 is 0 Å². The molecule has 0 aliphatic heterocycles. The maximum Gasteiger partial charge on any atom is 0.210 e. The van der Waals surface area contributed by atoms with Crippen molar-refractivity contribution in [1.29, 1.82) is 0 Å². The average Bonchev–Trinajstić information content (AvgIpc) is 2.26. The zero-order chi connectivity index (χ0) is 13.0. The Hall–Kier alpha value is -1.31. The van der Waals surface area contributed by atoms with Crippen molar-refractivity contribution in [2.75, 3.05) is 0 Å². The molecule has 0 unspecified atom stereocenters. The van der Waals surface area contributed by atoms with E-state index in [1.807, 2.05) is 18.7 Å². The second-order valence-electron chi connectivity index (χ2n) is 5.17. The average molecular weight is 233 g/mol. The number of carbonyl (C=O) groups excluding carboxylic acids is 1. The summed E-state index contributed by atoms with van der Waals surface area (Å²) in [5.74, 6) is 0.491. The van der Waals surface area contributed by atoms with Gasteiger partial charge in [-0.15, -0.1) is 0 Å². The molecule has 0 aliphatic carbocycles. The molecule has 2 nitrogen and oxygen atoms in total. The van der Waals surface area contributed by atoms with Crippen molar-refractivity contribution < 1.29 is 4.79 Å². The monoisotopic (exact) mass is 233 g/mol. The third-order valence-electron chi connectivity index (χ3n) is 3.21. The minimum atomic E-state index is 0.243. The van der Waals surface area contributed by atoms with Gasteiger partial charge in [0, 0.05) is 12.6 Å². The molecular weight excluding hydrogens is 210 g/mol. The summed E-state index contributed by atoms with van der Waals surface area (Å²) >= 11 is 0. The van der Waals surface area contributed by atoms with Gasteiger partial charge in [0.05, 0.1) is 0 Å². The predicted molar refractivity (Wildman–Crippen MR) is 72.0 cm³/mol. The number of hydrogen-bond acceptors (Lipinski definition) is 1. The van der Waals surface area contributed by atoms with E-state index in [1.54, 1.807) is 0 Å². The van der Waals surface area contributed by atoms with Gasteiger partial charge in [0.15, 0.2) is 0 Å². The molecular formula is C15H23NO. The Morgan fingerprint density at radius 3 is 2.35 bits per heavy atom. The van der Waals surface area contributed by atoms with Crippen LogP contribution in [0, 0.1) is 6.92 Å². The minimum absolute atomic E-state index is 0.243. The highest BCUT2D eigenvalue weighted by molar-refractivity contribution is 5.49. The van der Waals surface area contributed by atoms with Crippen LogP contribution in [0.3, 0.4) is 0 Å². The lowest BCUT2D eigenvalue weighted by atomic mass is 9.93. The van der Waals surface area contributed by atoms with Crippen LogP contribution in [-0.4, -0.2) is 17.4 Å². The van der Waals surface area contributed by atoms with Gasteiger partial charge in [-0.1, -0.05) is 32.0 Å². The van der Waals surface area contributed by atoms with Gasteiger partial charge in [-0.3, -0.25) is 4.79 Å². The van der Waals surface area contributed by atoms with Gasteiger partial charge < -0.3 is 4.90 Å². The van der Waals surface area contributed by atoms with Crippen LogP contribution in [0.15, 0.2) is 18.2 Å². The summed E-state index contributed by atoms with van der Waals surface area (Å²) in [6, 6.07) is 6.61. The summed E-state index contributed by atoms with van der Waals surface area (Å²) in [6.45, 7) is 11.3. The lowest BCUT2D eigenvalue weighted by molar-refractivity contribution is -0.120. The van der Waals surface area contributed by atoms with Crippen molar-refractivity contribution in [2.45, 2.75) is 53.1 Å². The fourth-order valence-electron chi connectivity index (χ4n) is 2.01. The standard InChI is InChI=1S/C15H23NO/c1-11(2)14-8-6-7-13(5)15(14)9-16(10-17)12(3)4/h6-8,10-12H,9H2,1-5H3. The van der Waals surface area contributed by atoms with Crippen molar-refractivity contribution >= 4 is 6.41 Å². The van der Waals surface area contributed by atoms with Crippen molar-refractivity contribution in [3.63, 3.8) is 0 Å². The van der Waals surface area contributed by atoms with Gasteiger partial charge >= 0.3 is 0 Å². The molecule has 1 rings (SSSR count). The molecule has 1 aromatic carbocycles. The van der Waals surface area contributed by atoms with Crippen molar-refractivity contribution in [1.82, 2.24) is 4.90 Å². The number of rotatable bonds is 5. The number of hydrogen-bond donors (Lipinski definition) is 0. The zero-order valence-corrected chi connectivity index (χ0v) is 11.5. The number of nitrogens with zero attached hydrogens (tertiary/aromatic N) is 1. The maximum absolute atomic E-state index is 11.1. The fourth-order valence-corrected chi connectivity index (χ4v) is 2.01. The molecule has 1 amide bonds. The van der Waals surface area contributed by atoms with E-state index in [0.717, 1.165) is 6.41 Å². The van der Waals surface area contributed by atoms with Crippen LogP contribution in [0.2, 0.25) is 0 Å². The summed E-state index contributed by atoms with van der Waals surface area (Å²) in [5, 5.41) is 0. The fraction of sp³-hybridized carbons (Fsp3) is 0.533. The van der Waals surface area contributed by atoms with Crippen LogP contribution >= 0.6 is 0 Å². The Morgan fingerprint density at radius 2 is 1.88 bits per heavy atom. The topological polar surface area (TPSA) is 20.3 Å². The Morgan fingerprint density at radius 1 is 1.24 bits per heavy atom. The van der Waals surface area contributed by atoms with Crippen molar-refractivity contribution in [3.05, 3.63) is 34.9 Å².